The number of anilines is 1. The van der Waals surface area contributed by atoms with Gasteiger partial charge in [-0.15, -0.1) is 10.2 Å². The fraction of sp³-hybridized carbons (Fsp3) is 0.211. The first-order valence-electron chi connectivity index (χ1n) is 8.62. The lowest BCUT2D eigenvalue weighted by Crippen LogP contribution is -2.25. The number of nitrogens with zero attached hydrogens (tertiary/aromatic N) is 2. The second-order valence-electron chi connectivity index (χ2n) is 6.51. The molecule has 0 aliphatic carbocycles. The number of sulfonamides is 1. The van der Waals surface area contributed by atoms with Crippen LogP contribution in [0.25, 0.3) is 0 Å². The van der Waals surface area contributed by atoms with Crippen molar-refractivity contribution < 1.29 is 17.6 Å². The van der Waals surface area contributed by atoms with Crippen molar-refractivity contribution >= 4 is 33.0 Å². The van der Waals surface area contributed by atoms with Crippen molar-refractivity contribution in [3.63, 3.8) is 0 Å². The topological polar surface area (TPSA) is 101 Å². The molecule has 0 radical (unpaired) electrons. The summed E-state index contributed by atoms with van der Waals surface area (Å²) in [7, 11) is -3.75. The number of nitrogens with one attached hydrogen (secondary N) is 2. The van der Waals surface area contributed by atoms with Crippen LogP contribution in [0.4, 0.5) is 10.1 Å². The van der Waals surface area contributed by atoms with Crippen LogP contribution >= 0.6 is 11.3 Å². The number of amides is 1. The van der Waals surface area contributed by atoms with Crippen LogP contribution in [0.2, 0.25) is 0 Å². The lowest BCUT2D eigenvalue weighted by Gasteiger charge is -2.12. The molecule has 3 rings (SSSR count). The minimum atomic E-state index is -3.75. The van der Waals surface area contributed by atoms with Gasteiger partial charge in [0, 0.05) is 5.69 Å². The Labute approximate surface area is 172 Å². The lowest BCUT2D eigenvalue weighted by molar-refractivity contribution is 0.102. The molecule has 0 fully saturated rings. The second-order valence-corrected chi connectivity index (χ2v) is 9.28. The van der Waals surface area contributed by atoms with Crippen LogP contribution in [0.15, 0.2) is 41.3 Å². The normalized spacial score (nSPS) is 11.4. The Hall–Kier alpha value is -2.69. The van der Waals surface area contributed by atoms with Crippen molar-refractivity contribution in [1.82, 2.24) is 14.9 Å². The molecule has 152 valence electrons. The number of aromatic nitrogens is 2. The average molecular weight is 435 g/mol. The van der Waals surface area contributed by atoms with Crippen molar-refractivity contribution in [2.45, 2.75) is 32.2 Å². The molecule has 10 heteroatoms. The Kier molecular flexibility index (Phi) is 6.06. The minimum Gasteiger partial charge on any atom is -0.320 e. The van der Waals surface area contributed by atoms with Crippen molar-refractivity contribution in [3.8, 4) is 0 Å². The smallest absolute Gasteiger partial charge is 0.286 e. The van der Waals surface area contributed by atoms with Crippen molar-refractivity contribution in [2.24, 2.45) is 0 Å². The summed E-state index contributed by atoms with van der Waals surface area (Å²) in [6.45, 7) is 5.31. The van der Waals surface area contributed by atoms with Crippen LogP contribution in [0, 0.1) is 26.6 Å². The zero-order valence-corrected chi connectivity index (χ0v) is 17.6. The number of carbonyl (C=O) groups is 1. The molecule has 0 aliphatic rings. The highest BCUT2D eigenvalue weighted by atomic mass is 32.2. The molecule has 1 aromatic heterocycles. The maximum atomic E-state index is 12.9. The number of hydrogen-bond donors (Lipinski definition) is 2. The minimum absolute atomic E-state index is 0.0752. The zero-order valence-electron chi connectivity index (χ0n) is 16.0. The number of hydrogen-bond acceptors (Lipinski definition) is 6. The molecule has 0 bridgehead atoms. The molecule has 2 N–H and O–H groups in total. The lowest BCUT2D eigenvalue weighted by atomic mass is 10.1. The molecular formula is C19H19FN4O3S2. The van der Waals surface area contributed by atoms with E-state index in [0.717, 1.165) is 16.9 Å². The number of benzene rings is 2. The molecule has 3 aromatic rings. The SMILES string of the molecule is Cc1cc(C)c(S(=O)(=O)NCc2nnc(C(=O)Nc3ccc(F)cc3)s2)c(C)c1. The van der Waals surface area contributed by atoms with Gasteiger partial charge in [0.15, 0.2) is 0 Å². The third-order valence-electron chi connectivity index (χ3n) is 4.05. The Morgan fingerprint density at radius 3 is 2.31 bits per heavy atom. The van der Waals surface area contributed by atoms with Crippen molar-refractivity contribution in [3.05, 3.63) is 68.9 Å². The van der Waals surface area contributed by atoms with Crippen LogP contribution in [-0.2, 0) is 16.6 Å². The fourth-order valence-corrected chi connectivity index (χ4v) is 5.16. The summed E-state index contributed by atoms with van der Waals surface area (Å²) in [5.41, 5.74) is 2.72. The Balaban J connectivity index is 1.69. The molecule has 0 saturated heterocycles. The van der Waals surface area contributed by atoms with Gasteiger partial charge in [0.25, 0.3) is 5.91 Å². The van der Waals surface area contributed by atoms with Gasteiger partial charge in [0.2, 0.25) is 15.0 Å². The maximum absolute atomic E-state index is 12.9. The molecule has 0 spiro atoms. The van der Waals surface area contributed by atoms with Gasteiger partial charge < -0.3 is 5.32 Å². The second kappa shape index (κ2) is 8.36. The maximum Gasteiger partial charge on any atom is 0.286 e. The van der Waals surface area contributed by atoms with Crippen LogP contribution in [0.1, 0.15) is 31.5 Å². The van der Waals surface area contributed by atoms with Crippen LogP contribution in [-0.4, -0.2) is 24.5 Å². The molecule has 0 aliphatic heterocycles. The first-order valence-corrected chi connectivity index (χ1v) is 10.9. The van der Waals surface area contributed by atoms with Crippen molar-refractivity contribution in [1.29, 1.82) is 0 Å². The van der Waals surface area contributed by atoms with E-state index in [9.17, 15) is 17.6 Å². The molecule has 2 aromatic carbocycles. The van der Waals surface area contributed by atoms with Crippen LogP contribution in [0.3, 0.4) is 0 Å². The van der Waals surface area contributed by atoms with Crippen LogP contribution < -0.4 is 10.0 Å². The summed E-state index contributed by atoms with van der Waals surface area (Å²) < 4.78 is 40.8. The van der Waals surface area contributed by atoms with E-state index in [2.05, 4.69) is 20.2 Å². The summed E-state index contributed by atoms with van der Waals surface area (Å²) in [4.78, 5) is 12.5. The monoisotopic (exact) mass is 434 g/mol. The van der Waals surface area contributed by atoms with Gasteiger partial charge in [-0.05, 0) is 56.2 Å². The van der Waals surface area contributed by atoms with Gasteiger partial charge in [-0.3, -0.25) is 4.79 Å². The van der Waals surface area contributed by atoms with Crippen LogP contribution in [0.5, 0.6) is 0 Å². The molecule has 7 nitrogen and oxygen atoms in total. The van der Waals surface area contributed by atoms with E-state index in [1.54, 1.807) is 13.8 Å². The largest absolute Gasteiger partial charge is 0.320 e. The van der Waals surface area contributed by atoms with E-state index in [1.165, 1.54) is 24.3 Å². The Bertz CT molecular complexity index is 1140. The van der Waals surface area contributed by atoms with Gasteiger partial charge >= 0.3 is 0 Å². The van der Waals surface area contributed by atoms with Gasteiger partial charge in [-0.2, -0.15) is 0 Å². The van der Waals surface area contributed by atoms with Gasteiger partial charge in [0.05, 0.1) is 11.4 Å². The van der Waals surface area contributed by atoms with E-state index in [4.69, 9.17) is 0 Å². The summed E-state index contributed by atoms with van der Waals surface area (Å²) in [6.07, 6.45) is 0. The van der Waals surface area contributed by atoms with Gasteiger partial charge in [-0.25, -0.2) is 17.5 Å². The highest BCUT2D eigenvalue weighted by molar-refractivity contribution is 7.89. The number of rotatable bonds is 6. The predicted molar refractivity (Wildman–Crippen MR) is 109 cm³/mol. The fourth-order valence-electron chi connectivity index (χ4n) is 2.95. The van der Waals surface area contributed by atoms with Gasteiger partial charge in [-0.1, -0.05) is 29.0 Å². The number of aryl methyl sites for hydroxylation is 3. The third kappa shape index (κ3) is 5.03. The number of halogens is 1. The van der Waals surface area contributed by atoms with Gasteiger partial charge in [0.1, 0.15) is 10.8 Å². The highest BCUT2D eigenvalue weighted by Crippen LogP contribution is 2.22. The van der Waals surface area contributed by atoms with E-state index >= 15 is 0 Å². The summed E-state index contributed by atoms with van der Waals surface area (Å²) in [6, 6.07) is 8.93. The van der Waals surface area contributed by atoms with E-state index < -0.39 is 21.7 Å². The molecule has 1 amide bonds. The third-order valence-corrected chi connectivity index (χ3v) is 6.68. The summed E-state index contributed by atoms with van der Waals surface area (Å²) in [5, 5.41) is 10.7. The molecule has 1 heterocycles. The average Bonchev–Trinajstić information content (AvgIpc) is 3.10. The van der Waals surface area contributed by atoms with E-state index in [1.807, 2.05) is 19.1 Å². The van der Waals surface area contributed by atoms with Crippen molar-refractivity contribution in [2.75, 3.05) is 5.32 Å². The first-order chi connectivity index (χ1) is 13.7. The molecule has 0 atom stereocenters. The standard InChI is InChI=1S/C19H19FN4O3S2/c1-11-8-12(2)17(13(3)9-11)29(26,27)21-10-16-23-24-19(28-16)18(25)22-15-6-4-14(20)5-7-15/h4-9,21H,10H2,1-3H3,(H,22,25). The van der Waals surface area contributed by atoms with E-state index in [-0.39, 0.29) is 16.4 Å². The summed E-state index contributed by atoms with van der Waals surface area (Å²) >= 11 is 0.975. The quantitative estimate of drug-likeness (QED) is 0.620. The Morgan fingerprint density at radius 1 is 1.07 bits per heavy atom. The van der Waals surface area contributed by atoms with E-state index in [0.29, 0.717) is 21.8 Å². The Morgan fingerprint density at radius 2 is 1.69 bits per heavy atom. The number of carbonyl (C=O) groups excluding carboxylic acids is 1. The molecule has 29 heavy (non-hydrogen) atoms. The molecular weight excluding hydrogens is 415 g/mol. The highest BCUT2D eigenvalue weighted by Gasteiger charge is 2.21. The zero-order chi connectivity index (χ0) is 21.2. The predicted octanol–water partition coefficient (Wildman–Crippen LogP) is 3.33. The molecule has 0 unspecified atom stereocenters. The summed E-state index contributed by atoms with van der Waals surface area (Å²) in [5.74, 6) is -0.916. The molecule has 0 saturated carbocycles. The first kappa shape index (κ1) is 21.0.